The molecule has 0 fully saturated rings. The number of aryl methyl sites for hydroxylation is 1. The minimum atomic E-state index is -0.372. The van der Waals surface area contributed by atoms with Crippen LogP contribution in [0.1, 0.15) is 55.4 Å². The maximum absolute atomic E-state index is 14.3. The quantitative estimate of drug-likeness (QED) is 0.530. The molecular weight excluding hydrogens is 331 g/mol. The summed E-state index contributed by atoms with van der Waals surface area (Å²) in [6, 6.07) is 7.42. The third-order valence-corrected chi connectivity index (χ3v) is 4.64. The average molecular weight is 352 g/mol. The van der Waals surface area contributed by atoms with Crippen molar-refractivity contribution in [3.8, 4) is 0 Å². The SMILES string of the molecule is Cc1nc2cc(C(C)Cc3cn4nc(C(C)C)ccc4n3)cc(F)c2o1. The third kappa shape index (κ3) is 2.96. The van der Waals surface area contributed by atoms with E-state index in [0.717, 1.165) is 22.6 Å². The van der Waals surface area contributed by atoms with E-state index in [9.17, 15) is 4.39 Å². The average Bonchev–Trinajstić information content (AvgIpc) is 3.15. The number of fused-ring (bicyclic) bond motifs is 2. The van der Waals surface area contributed by atoms with Crippen molar-refractivity contribution in [3.63, 3.8) is 0 Å². The lowest BCUT2D eigenvalue weighted by Gasteiger charge is -2.10. The zero-order chi connectivity index (χ0) is 18.4. The molecule has 0 aliphatic heterocycles. The number of hydrogen-bond donors (Lipinski definition) is 0. The van der Waals surface area contributed by atoms with E-state index in [0.29, 0.717) is 23.7 Å². The number of oxazole rings is 1. The highest BCUT2D eigenvalue weighted by Gasteiger charge is 2.16. The fourth-order valence-corrected chi connectivity index (χ4v) is 3.19. The molecule has 6 heteroatoms. The van der Waals surface area contributed by atoms with Gasteiger partial charge in [-0.25, -0.2) is 18.9 Å². The van der Waals surface area contributed by atoms with Gasteiger partial charge in [0.1, 0.15) is 5.52 Å². The minimum absolute atomic E-state index is 0.0976. The van der Waals surface area contributed by atoms with Crippen molar-refractivity contribution in [3.05, 3.63) is 59.1 Å². The lowest BCUT2D eigenvalue weighted by Crippen LogP contribution is -2.00. The van der Waals surface area contributed by atoms with Gasteiger partial charge < -0.3 is 4.42 Å². The Morgan fingerprint density at radius 1 is 1.15 bits per heavy atom. The van der Waals surface area contributed by atoms with Crippen molar-refractivity contribution in [1.82, 2.24) is 19.6 Å². The van der Waals surface area contributed by atoms with Gasteiger partial charge in [0.05, 0.1) is 17.6 Å². The fourth-order valence-electron chi connectivity index (χ4n) is 3.19. The van der Waals surface area contributed by atoms with Gasteiger partial charge in [0.2, 0.25) is 0 Å². The van der Waals surface area contributed by atoms with Gasteiger partial charge in [0, 0.05) is 6.92 Å². The Bertz CT molecular complexity index is 1100. The summed E-state index contributed by atoms with van der Waals surface area (Å²) in [6.07, 6.45) is 2.65. The molecule has 0 aliphatic rings. The summed E-state index contributed by atoms with van der Waals surface area (Å²) in [7, 11) is 0. The largest absolute Gasteiger partial charge is 0.438 e. The van der Waals surface area contributed by atoms with Crippen LogP contribution in [0.4, 0.5) is 4.39 Å². The molecule has 0 saturated carbocycles. The van der Waals surface area contributed by atoms with Gasteiger partial charge >= 0.3 is 0 Å². The molecule has 134 valence electrons. The number of benzene rings is 1. The van der Waals surface area contributed by atoms with E-state index in [-0.39, 0.29) is 17.3 Å². The minimum Gasteiger partial charge on any atom is -0.438 e. The molecule has 0 N–H and O–H groups in total. The Morgan fingerprint density at radius 3 is 2.73 bits per heavy atom. The molecule has 3 heterocycles. The van der Waals surface area contributed by atoms with Crippen molar-refractivity contribution in [2.24, 2.45) is 0 Å². The van der Waals surface area contributed by atoms with Crippen molar-refractivity contribution < 1.29 is 8.81 Å². The topological polar surface area (TPSA) is 56.2 Å². The summed E-state index contributed by atoms with van der Waals surface area (Å²) in [6.45, 7) is 8.01. The lowest BCUT2D eigenvalue weighted by atomic mass is 9.96. The first-order valence-corrected chi connectivity index (χ1v) is 8.82. The molecule has 0 bridgehead atoms. The van der Waals surface area contributed by atoms with Crippen LogP contribution in [0.3, 0.4) is 0 Å². The highest BCUT2D eigenvalue weighted by molar-refractivity contribution is 5.74. The normalized spacial score (nSPS) is 13.2. The van der Waals surface area contributed by atoms with E-state index in [4.69, 9.17) is 4.42 Å². The maximum atomic E-state index is 14.3. The van der Waals surface area contributed by atoms with Crippen LogP contribution in [0.5, 0.6) is 0 Å². The number of halogens is 1. The summed E-state index contributed by atoms with van der Waals surface area (Å²) in [5, 5.41) is 4.60. The van der Waals surface area contributed by atoms with Crippen LogP contribution in [0, 0.1) is 12.7 Å². The Labute approximate surface area is 150 Å². The van der Waals surface area contributed by atoms with E-state index in [2.05, 4.69) is 35.8 Å². The van der Waals surface area contributed by atoms with Crippen LogP contribution in [0.15, 0.2) is 34.9 Å². The molecule has 26 heavy (non-hydrogen) atoms. The summed E-state index contributed by atoms with van der Waals surface area (Å²) >= 11 is 0. The van der Waals surface area contributed by atoms with Crippen LogP contribution in [-0.4, -0.2) is 19.6 Å². The molecule has 0 spiro atoms. The Balaban J connectivity index is 1.63. The molecule has 1 atom stereocenters. The first kappa shape index (κ1) is 16.7. The third-order valence-electron chi connectivity index (χ3n) is 4.64. The molecule has 0 saturated heterocycles. The molecule has 4 rings (SSSR count). The van der Waals surface area contributed by atoms with Crippen molar-refractivity contribution in [2.75, 3.05) is 0 Å². The van der Waals surface area contributed by atoms with Crippen LogP contribution >= 0.6 is 0 Å². The van der Waals surface area contributed by atoms with Gasteiger partial charge in [-0.2, -0.15) is 5.10 Å². The first-order valence-electron chi connectivity index (χ1n) is 8.82. The maximum Gasteiger partial charge on any atom is 0.192 e. The predicted octanol–water partition coefficient (Wildman–Crippen LogP) is 4.79. The summed E-state index contributed by atoms with van der Waals surface area (Å²) < 4.78 is 21.4. The molecule has 1 aromatic carbocycles. The first-order chi connectivity index (χ1) is 12.4. The Morgan fingerprint density at radius 2 is 1.96 bits per heavy atom. The highest BCUT2D eigenvalue weighted by Crippen LogP contribution is 2.27. The molecule has 0 amide bonds. The zero-order valence-corrected chi connectivity index (χ0v) is 15.3. The van der Waals surface area contributed by atoms with Crippen molar-refractivity contribution >= 4 is 16.7 Å². The van der Waals surface area contributed by atoms with E-state index >= 15 is 0 Å². The number of hydrogen-bond acceptors (Lipinski definition) is 4. The molecule has 0 radical (unpaired) electrons. The molecule has 3 aromatic heterocycles. The second-order valence-corrected chi connectivity index (χ2v) is 7.14. The van der Waals surface area contributed by atoms with E-state index in [1.807, 2.05) is 28.9 Å². The lowest BCUT2D eigenvalue weighted by molar-refractivity contribution is 0.527. The number of rotatable bonds is 4. The second-order valence-electron chi connectivity index (χ2n) is 7.14. The van der Waals surface area contributed by atoms with Gasteiger partial charge in [-0.15, -0.1) is 0 Å². The second kappa shape index (κ2) is 6.20. The number of nitrogens with zero attached hydrogens (tertiary/aromatic N) is 4. The van der Waals surface area contributed by atoms with Gasteiger partial charge in [0.15, 0.2) is 22.9 Å². The Kier molecular flexibility index (Phi) is 3.98. The zero-order valence-electron chi connectivity index (χ0n) is 15.3. The van der Waals surface area contributed by atoms with Gasteiger partial charge in [0.25, 0.3) is 0 Å². The van der Waals surface area contributed by atoms with E-state index in [1.165, 1.54) is 6.07 Å². The predicted molar refractivity (Wildman–Crippen MR) is 97.9 cm³/mol. The summed E-state index contributed by atoms with van der Waals surface area (Å²) in [5.74, 6) is 0.560. The number of imidazole rings is 1. The monoisotopic (exact) mass is 352 g/mol. The molecule has 0 aliphatic carbocycles. The smallest absolute Gasteiger partial charge is 0.192 e. The van der Waals surface area contributed by atoms with Crippen LogP contribution in [-0.2, 0) is 6.42 Å². The fraction of sp³-hybridized carbons (Fsp3) is 0.350. The highest BCUT2D eigenvalue weighted by atomic mass is 19.1. The summed E-state index contributed by atoms with van der Waals surface area (Å²) in [4.78, 5) is 8.89. The standard InChI is InChI=1S/C20H21FN4O/c1-11(2)17-5-6-19-23-15(10-25(19)24-17)7-12(3)14-8-16(21)20-18(9-14)22-13(4)26-20/h5-6,8-12H,7H2,1-4H3. The van der Waals surface area contributed by atoms with Gasteiger partial charge in [-0.05, 0) is 48.1 Å². The molecule has 1 unspecified atom stereocenters. The van der Waals surface area contributed by atoms with Crippen LogP contribution < -0.4 is 0 Å². The number of aromatic nitrogens is 4. The van der Waals surface area contributed by atoms with E-state index < -0.39 is 0 Å². The molecule has 4 aromatic rings. The van der Waals surface area contributed by atoms with Gasteiger partial charge in [-0.3, -0.25) is 0 Å². The van der Waals surface area contributed by atoms with Crippen LogP contribution in [0.25, 0.3) is 16.7 Å². The Hall–Kier alpha value is -2.76. The van der Waals surface area contributed by atoms with Crippen molar-refractivity contribution in [2.45, 2.75) is 46.0 Å². The summed E-state index contributed by atoms with van der Waals surface area (Å²) in [5.41, 5.74) is 4.45. The molecular formula is C20H21FN4O. The van der Waals surface area contributed by atoms with Gasteiger partial charge in [-0.1, -0.05) is 20.8 Å². The van der Waals surface area contributed by atoms with E-state index in [1.54, 1.807) is 6.92 Å². The van der Waals surface area contributed by atoms with Crippen molar-refractivity contribution in [1.29, 1.82) is 0 Å². The van der Waals surface area contributed by atoms with Crippen LogP contribution in [0.2, 0.25) is 0 Å². The molecule has 5 nitrogen and oxygen atoms in total.